The summed E-state index contributed by atoms with van der Waals surface area (Å²) in [6.45, 7) is 11.3. The highest BCUT2D eigenvalue weighted by Gasteiger charge is 2.06. The van der Waals surface area contributed by atoms with Gasteiger partial charge < -0.3 is 4.90 Å². The van der Waals surface area contributed by atoms with Crippen molar-refractivity contribution < 1.29 is 4.79 Å². The van der Waals surface area contributed by atoms with Crippen molar-refractivity contribution >= 4 is 5.91 Å². The zero-order chi connectivity index (χ0) is 11.6. The van der Waals surface area contributed by atoms with Crippen LogP contribution in [0.5, 0.6) is 0 Å². The Bertz CT molecular complexity index is 132. The maximum Gasteiger partial charge on any atom is 0.222 e. The van der Waals surface area contributed by atoms with Crippen LogP contribution in [-0.2, 0) is 4.79 Å². The van der Waals surface area contributed by atoms with Crippen LogP contribution >= 0.6 is 0 Å². The number of hydrogen-bond acceptors (Lipinski definition) is 1. The Kier molecular flexibility index (Phi) is 12.0. The van der Waals surface area contributed by atoms with Crippen molar-refractivity contribution in [2.45, 2.75) is 53.9 Å². The van der Waals surface area contributed by atoms with Crippen molar-refractivity contribution in [3.8, 4) is 0 Å². The highest BCUT2D eigenvalue weighted by atomic mass is 16.2. The highest BCUT2D eigenvalue weighted by Crippen LogP contribution is 2.02. The van der Waals surface area contributed by atoms with E-state index in [9.17, 15) is 4.79 Å². The maximum absolute atomic E-state index is 11.3. The number of carbonyl (C=O) groups is 1. The number of amides is 1. The fraction of sp³-hybridized carbons (Fsp3) is 0.917. The molecule has 0 aromatic carbocycles. The molecule has 0 atom stereocenters. The maximum atomic E-state index is 11.3. The molecule has 0 saturated carbocycles. The number of hydrogen-bond donors (Lipinski definition) is 0. The lowest BCUT2D eigenvalue weighted by atomic mass is 10.1. The van der Waals surface area contributed by atoms with Crippen LogP contribution in [0.25, 0.3) is 0 Å². The van der Waals surface area contributed by atoms with Crippen LogP contribution < -0.4 is 0 Å². The molecule has 2 heteroatoms. The fourth-order valence-corrected chi connectivity index (χ4v) is 0.981. The summed E-state index contributed by atoms with van der Waals surface area (Å²) in [6, 6.07) is 0. The molecule has 0 aliphatic rings. The molecule has 0 aromatic heterocycles. The number of carbonyl (C=O) groups excluding carboxylic acids is 1. The third kappa shape index (κ3) is 9.56. The first kappa shape index (κ1) is 15.9. The Morgan fingerprint density at radius 1 is 1.29 bits per heavy atom. The Balaban J connectivity index is 0. The summed E-state index contributed by atoms with van der Waals surface area (Å²) in [5, 5.41) is 0. The molecule has 0 radical (unpaired) electrons. The number of rotatable bonds is 5. The molecule has 2 nitrogen and oxygen atoms in total. The molecule has 0 rings (SSSR count). The van der Waals surface area contributed by atoms with Gasteiger partial charge in [0.1, 0.15) is 0 Å². The van der Waals surface area contributed by atoms with E-state index in [2.05, 4.69) is 13.8 Å². The van der Waals surface area contributed by atoms with E-state index in [1.807, 2.05) is 32.7 Å². The molecule has 0 saturated heterocycles. The van der Waals surface area contributed by atoms with Gasteiger partial charge in [-0.05, 0) is 18.8 Å². The van der Waals surface area contributed by atoms with Crippen LogP contribution in [0.2, 0.25) is 0 Å². The van der Waals surface area contributed by atoms with Gasteiger partial charge in [-0.3, -0.25) is 4.79 Å². The van der Waals surface area contributed by atoms with Crippen LogP contribution in [0, 0.1) is 5.92 Å². The van der Waals surface area contributed by atoms with Crippen LogP contribution in [0.4, 0.5) is 0 Å². The third-order valence-corrected chi connectivity index (χ3v) is 1.93. The molecule has 86 valence electrons. The molecule has 0 aromatic rings. The van der Waals surface area contributed by atoms with Gasteiger partial charge >= 0.3 is 0 Å². The smallest absolute Gasteiger partial charge is 0.222 e. The quantitative estimate of drug-likeness (QED) is 0.668. The molecule has 0 fully saturated rings. The summed E-state index contributed by atoms with van der Waals surface area (Å²) in [7, 11) is 1.89. The standard InChI is InChI=1S/C10H21NO.C2H6/c1-5-6-10(12)11(4)8-7-9(2)3;1-2/h9H,5-8H2,1-4H3;1-2H3. The largest absolute Gasteiger partial charge is 0.346 e. The zero-order valence-electron chi connectivity index (χ0n) is 10.8. The van der Waals surface area contributed by atoms with Gasteiger partial charge in [-0.25, -0.2) is 0 Å². The van der Waals surface area contributed by atoms with E-state index in [0.29, 0.717) is 12.3 Å². The van der Waals surface area contributed by atoms with E-state index >= 15 is 0 Å². The van der Waals surface area contributed by atoms with Gasteiger partial charge in [-0.1, -0.05) is 34.6 Å². The Morgan fingerprint density at radius 2 is 1.79 bits per heavy atom. The molecule has 0 unspecified atom stereocenters. The fourth-order valence-electron chi connectivity index (χ4n) is 0.981. The summed E-state index contributed by atoms with van der Waals surface area (Å²) in [6.07, 6.45) is 2.74. The first-order valence-corrected chi connectivity index (χ1v) is 5.81. The minimum atomic E-state index is 0.276. The van der Waals surface area contributed by atoms with Crippen molar-refractivity contribution in [2.24, 2.45) is 5.92 Å². The van der Waals surface area contributed by atoms with E-state index in [4.69, 9.17) is 0 Å². The molecule has 0 heterocycles. The van der Waals surface area contributed by atoms with Gasteiger partial charge in [0, 0.05) is 20.0 Å². The lowest BCUT2D eigenvalue weighted by Gasteiger charge is -2.17. The minimum absolute atomic E-state index is 0.276. The van der Waals surface area contributed by atoms with Crippen molar-refractivity contribution in [3.63, 3.8) is 0 Å². The Labute approximate surface area is 89.7 Å². The van der Waals surface area contributed by atoms with E-state index in [0.717, 1.165) is 19.4 Å². The second-order valence-electron chi connectivity index (χ2n) is 3.75. The van der Waals surface area contributed by atoms with Gasteiger partial charge in [-0.15, -0.1) is 0 Å². The lowest BCUT2D eigenvalue weighted by Crippen LogP contribution is -2.27. The normalized spacial score (nSPS) is 9.36. The molecule has 0 spiro atoms. The van der Waals surface area contributed by atoms with Crippen molar-refractivity contribution in [1.29, 1.82) is 0 Å². The van der Waals surface area contributed by atoms with Crippen molar-refractivity contribution in [1.82, 2.24) is 4.90 Å². The Hall–Kier alpha value is -0.530. The zero-order valence-corrected chi connectivity index (χ0v) is 10.8. The molecule has 0 aliphatic heterocycles. The number of nitrogens with zero attached hydrogens (tertiary/aromatic N) is 1. The van der Waals surface area contributed by atoms with Crippen LogP contribution in [0.15, 0.2) is 0 Å². The predicted octanol–water partition coefficient (Wildman–Crippen LogP) is 3.32. The summed E-state index contributed by atoms with van der Waals surface area (Å²) in [4.78, 5) is 13.1. The molecule has 1 amide bonds. The first-order valence-electron chi connectivity index (χ1n) is 5.81. The van der Waals surface area contributed by atoms with E-state index < -0.39 is 0 Å². The van der Waals surface area contributed by atoms with Crippen LogP contribution in [0.1, 0.15) is 53.9 Å². The van der Waals surface area contributed by atoms with Crippen molar-refractivity contribution in [2.75, 3.05) is 13.6 Å². The first-order chi connectivity index (χ1) is 6.57. The average molecular weight is 201 g/mol. The average Bonchev–Trinajstić information content (AvgIpc) is 2.17. The second kappa shape index (κ2) is 10.6. The second-order valence-corrected chi connectivity index (χ2v) is 3.75. The predicted molar refractivity (Wildman–Crippen MR) is 63.3 cm³/mol. The highest BCUT2D eigenvalue weighted by molar-refractivity contribution is 5.75. The molecule has 0 aliphatic carbocycles. The minimum Gasteiger partial charge on any atom is -0.346 e. The van der Waals surface area contributed by atoms with Crippen molar-refractivity contribution in [3.05, 3.63) is 0 Å². The van der Waals surface area contributed by atoms with Gasteiger partial charge in [0.25, 0.3) is 0 Å². The van der Waals surface area contributed by atoms with Gasteiger partial charge in [0.2, 0.25) is 5.91 Å². The monoisotopic (exact) mass is 201 g/mol. The van der Waals surface area contributed by atoms with Gasteiger partial charge in [0.05, 0.1) is 0 Å². The van der Waals surface area contributed by atoms with Crippen LogP contribution in [-0.4, -0.2) is 24.4 Å². The summed E-state index contributed by atoms with van der Waals surface area (Å²) in [5.74, 6) is 0.958. The molecular formula is C12H27NO. The van der Waals surface area contributed by atoms with Crippen LogP contribution in [0.3, 0.4) is 0 Å². The van der Waals surface area contributed by atoms with Gasteiger partial charge in [0.15, 0.2) is 0 Å². The molecule has 14 heavy (non-hydrogen) atoms. The van der Waals surface area contributed by atoms with Gasteiger partial charge in [-0.2, -0.15) is 0 Å². The summed E-state index contributed by atoms with van der Waals surface area (Å²) < 4.78 is 0. The topological polar surface area (TPSA) is 20.3 Å². The SMILES string of the molecule is CC.CCCC(=O)N(C)CCC(C)C. The Morgan fingerprint density at radius 3 is 2.14 bits per heavy atom. The van der Waals surface area contributed by atoms with E-state index in [1.165, 1.54) is 0 Å². The van der Waals surface area contributed by atoms with E-state index in [-0.39, 0.29) is 5.91 Å². The molecular weight excluding hydrogens is 174 g/mol. The van der Waals surface area contributed by atoms with E-state index in [1.54, 1.807) is 0 Å². The third-order valence-electron chi connectivity index (χ3n) is 1.93. The molecule has 0 N–H and O–H groups in total. The lowest BCUT2D eigenvalue weighted by molar-refractivity contribution is -0.130. The summed E-state index contributed by atoms with van der Waals surface area (Å²) >= 11 is 0. The molecule has 0 bridgehead atoms. The summed E-state index contributed by atoms with van der Waals surface area (Å²) in [5.41, 5.74) is 0.